The predicted octanol–water partition coefficient (Wildman–Crippen LogP) is 3.77. The van der Waals surface area contributed by atoms with Crippen LogP contribution in [-0.2, 0) is 0 Å². The Hall–Kier alpha value is -0.260. The summed E-state index contributed by atoms with van der Waals surface area (Å²) in [6.45, 7) is 5.73. The molecule has 1 heterocycles. The molecular weight excluding hydrogens is 338 g/mol. The van der Waals surface area contributed by atoms with Gasteiger partial charge in [-0.3, -0.25) is 4.90 Å². The van der Waals surface area contributed by atoms with Crippen LogP contribution in [0.5, 0.6) is 5.75 Å². The van der Waals surface area contributed by atoms with E-state index in [0.29, 0.717) is 10.6 Å². The van der Waals surface area contributed by atoms with Crippen LogP contribution >= 0.6 is 36.4 Å². The lowest BCUT2D eigenvalue weighted by molar-refractivity contribution is 0.161. The Labute approximate surface area is 142 Å². The molecule has 0 bridgehead atoms. The van der Waals surface area contributed by atoms with E-state index in [4.69, 9.17) is 11.6 Å². The molecule has 0 aliphatic carbocycles. The van der Waals surface area contributed by atoms with Gasteiger partial charge >= 0.3 is 0 Å². The standard InChI is InChI=1S/C14H20ClFN2O.2ClH/c1-2-3-13(18-6-4-17-5-7-18)11-8-10(15)9-12(16)14(11)19;;/h8-9,13,17,19H,2-7H2,1H3;2*1H/t13-;;/m1../s1. The highest BCUT2D eigenvalue weighted by atomic mass is 35.5. The monoisotopic (exact) mass is 358 g/mol. The molecule has 0 unspecified atom stereocenters. The molecule has 1 saturated heterocycles. The van der Waals surface area contributed by atoms with Gasteiger partial charge in [0.2, 0.25) is 0 Å². The minimum atomic E-state index is -0.640. The van der Waals surface area contributed by atoms with Crippen LogP contribution in [0.4, 0.5) is 4.39 Å². The van der Waals surface area contributed by atoms with E-state index in [1.165, 1.54) is 0 Å². The van der Waals surface area contributed by atoms with Gasteiger partial charge < -0.3 is 10.4 Å². The van der Waals surface area contributed by atoms with Gasteiger partial charge in [-0.1, -0.05) is 24.9 Å². The number of benzene rings is 1. The van der Waals surface area contributed by atoms with Crippen LogP contribution in [0.3, 0.4) is 0 Å². The van der Waals surface area contributed by atoms with Gasteiger partial charge in [0.25, 0.3) is 0 Å². The Balaban J connectivity index is 0.00000200. The number of hydrogen-bond donors (Lipinski definition) is 2. The van der Waals surface area contributed by atoms with E-state index in [2.05, 4.69) is 17.1 Å². The fourth-order valence-corrected chi connectivity index (χ4v) is 2.86. The zero-order valence-electron chi connectivity index (χ0n) is 11.9. The smallest absolute Gasteiger partial charge is 0.166 e. The zero-order chi connectivity index (χ0) is 13.8. The van der Waals surface area contributed by atoms with Gasteiger partial charge in [-0.2, -0.15) is 0 Å². The first-order valence-corrected chi connectivity index (χ1v) is 7.14. The number of rotatable bonds is 4. The van der Waals surface area contributed by atoms with Gasteiger partial charge in [-0.25, -0.2) is 4.39 Å². The summed E-state index contributed by atoms with van der Waals surface area (Å²) in [5.74, 6) is -0.903. The van der Waals surface area contributed by atoms with Crippen molar-refractivity contribution in [2.45, 2.75) is 25.8 Å². The molecule has 1 fully saturated rings. The fraction of sp³-hybridized carbons (Fsp3) is 0.571. The first-order chi connectivity index (χ1) is 9.13. The van der Waals surface area contributed by atoms with Crippen LogP contribution in [0.2, 0.25) is 5.02 Å². The highest BCUT2D eigenvalue weighted by Gasteiger charge is 2.25. The average molecular weight is 360 g/mol. The topological polar surface area (TPSA) is 35.5 Å². The first kappa shape index (κ1) is 20.7. The van der Waals surface area contributed by atoms with Crippen LogP contribution in [0, 0.1) is 5.82 Å². The summed E-state index contributed by atoms with van der Waals surface area (Å²) in [7, 11) is 0. The van der Waals surface area contributed by atoms with Gasteiger partial charge in [0.05, 0.1) is 0 Å². The molecule has 7 heteroatoms. The minimum Gasteiger partial charge on any atom is -0.505 e. The third kappa shape index (κ3) is 5.15. The molecule has 3 nitrogen and oxygen atoms in total. The van der Waals surface area contributed by atoms with Gasteiger partial charge in [0.15, 0.2) is 11.6 Å². The maximum atomic E-state index is 13.6. The number of nitrogens with one attached hydrogen (secondary N) is 1. The molecule has 1 aromatic carbocycles. The van der Waals surface area contributed by atoms with Crippen LogP contribution in [0.1, 0.15) is 31.4 Å². The molecule has 1 aliphatic heterocycles. The van der Waals surface area contributed by atoms with E-state index < -0.39 is 5.82 Å². The molecule has 0 saturated carbocycles. The highest BCUT2D eigenvalue weighted by Crippen LogP contribution is 2.36. The summed E-state index contributed by atoms with van der Waals surface area (Å²) in [6.07, 6.45) is 1.86. The van der Waals surface area contributed by atoms with Gasteiger partial charge in [0, 0.05) is 42.8 Å². The Morgan fingerprint density at radius 3 is 2.52 bits per heavy atom. The number of phenols is 1. The lowest BCUT2D eigenvalue weighted by Gasteiger charge is -2.35. The van der Waals surface area contributed by atoms with Crippen molar-refractivity contribution in [3.05, 3.63) is 28.5 Å². The summed E-state index contributed by atoms with van der Waals surface area (Å²) in [6, 6.07) is 2.86. The summed E-state index contributed by atoms with van der Waals surface area (Å²) in [5, 5.41) is 13.6. The fourth-order valence-electron chi connectivity index (χ4n) is 2.64. The molecule has 0 aromatic heterocycles. The maximum absolute atomic E-state index is 13.6. The molecular formula is C14H22Cl3FN2O. The number of halogens is 4. The number of phenolic OH excluding ortho intramolecular Hbond substituents is 1. The SMILES string of the molecule is CCC[C@H](c1cc(Cl)cc(F)c1O)N1CCNCC1.Cl.Cl. The zero-order valence-corrected chi connectivity index (χ0v) is 14.3. The summed E-state index contributed by atoms with van der Waals surface area (Å²) < 4.78 is 13.6. The quantitative estimate of drug-likeness (QED) is 0.859. The Kier molecular flexibility index (Phi) is 9.58. The van der Waals surface area contributed by atoms with Gasteiger partial charge in [0.1, 0.15) is 0 Å². The number of nitrogens with zero attached hydrogens (tertiary/aromatic N) is 1. The van der Waals surface area contributed by atoms with Crippen molar-refractivity contribution >= 4 is 36.4 Å². The summed E-state index contributed by atoms with van der Waals surface area (Å²) >= 11 is 5.92. The number of hydrogen-bond acceptors (Lipinski definition) is 3. The summed E-state index contributed by atoms with van der Waals surface area (Å²) in [4.78, 5) is 2.28. The third-order valence-electron chi connectivity index (χ3n) is 3.57. The van der Waals surface area contributed by atoms with Crippen molar-refractivity contribution in [3.63, 3.8) is 0 Å². The van der Waals surface area contributed by atoms with E-state index in [1.807, 2.05) is 0 Å². The summed E-state index contributed by atoms with van der Waals surface area (Å²) in [5.41, 5.74) is 0.605. The molecule has 1 aromatic rings. The van der Waals surface area contributed by atoms with Crippen LogP contribution in [0.25, 0.3) is 0 Å². The molecule has 2 N–H and O–H groups in total. The number of aromatic hydroxyl groups is 1. The lowest BCUT2D eigenvalue weighted by atomic mass is 9.98. The van der Waals surface area contributed by atoms with Crippen LogP contribution in [0.15, 0.2) is 12.1 Å². The van der Waals surface area contributed by atoms with Gasteiger partial charge in [-0.15, -0.1) is 24.8 Å². The van der Waals surface area contributed by atoms with E-state index in [0.717, 1.165) is 45.1 Å². The van der Waals surface area contributed by atoms with E-state index in [1.54, 1.807) is 6.07 Å². The molecule has 1 aliphatic rings. The minimum absolute atomic E-state index is 0. The van der Waals surface area contributed by atoms with Crippen LogP contribution in [-0.4, -0.2) is 36.2 Å². The Morgan fingerprint density at radius 1 is 1.33 bits per heavy atom. The highest BCUT2D eigenvalue weighted by molar-refractivity contribution is 6.30. The van der Waals surface area contributed by atoms with Crippen molar-refractivity contribution in [3.8, 4) is 5.75 Å². The van der Waals surface area contributed by atoms with E-state index >= 15 is 0 Å². The third-order valence-corrected chi connectivity index (χ3v) is 3.79. The second-order valence-electron chi connectivity index (χ2n) is 4.92. The van der Waals surface area contributed by atoms with Crippen molar-refractivity contribution in [2.75, 3.05) is 26.2 Å². The Bertz CT molecular complexity index is 442. The molecule has 0 amide bonds. The van der Waals surface area contributed by atoms with E-state index in [9.17, 15) is 9.50 Å². The van der Waals surface area contributed by atoms with Crippen LogP contribution < -0.4 is 5.32 Å². The Morgan fingerprint density at radius 2 is 1.95 bits per heavy atom. The largest absolute Gasteiger partial charge is 0.505 e. The molecule has 0 radical (unpaired) electrons. The first-order valence-electron chi connectivity index (χ1n) is 6.76. The molecule has 2 rings (SSSR count). The second-order valence-corrected chi connectivity index (χ2v) is 5.35. The molecule has 122 valence electrons. The van der Waals surface area contributed by atoms with Crippen molar-refractivity contribution in [2.24, 2.45) is 0 Å². The van der Waals surface area contributed by atoms with Gasteiger partial charge in [-0.05, 0) is 18.6 Å². The van der Waals surface area contributed by atoms with Crippen molar-refractivity contribution < 1.29 is 9.50 Å². The van der Waals surface area contributed by atoms with E-state index in [-0.39, 0.29) is 36.6 Å². The molecule has 0 spiro atoms. The molecule has 1 atom stereocenters. The normalized spacial score (nSPS) is 16.7. The maximum Gasteiger partial charge on any atom is 0.166 e. The average Bonchev–Trinajstić information content (AvgIpc) is 2.41. The second kappa shape index (κ2) is 9.70. The molecule has 21 heavy (non-hydrogen) atoms. The lowest BCUT2D eigenvalue weighted by Crippen LogP contribution is -2.45. The van der Waals surface area contributed by atoms with Crippen molar-refractivity contribution in [1.82, 2.24) is 10.2 Å². The predicted molar refractivity (Wildman–Crippen MR) is 89.7 cm³/mol. The van der Waals surface area contributed by atoms with Crippen molar-refractivity contribution in [1.29, 1.82) is 0 Å². The number of piperazine rings is 1.